The highest BCUT2D eigenvalue weighted by molar-refractivity contribution is 7.84. The zero-order chi connectivity index (χ0) is 22.0. The summed E-state index contributed by atoms with van der Waals surface area (Å²) in [5.74, 6) is 1.57. The first-order chi connectivity index (χ1) is 12.7. The minimum atomic E-state index is -1.22. The predicted molar refractivity (Wildman–Crippen MR) is 142 cm³/mol. The Morgan fingerprint density at radius 1 is 1.00 bits per heavy atom. The molecule has 0 amide bonds. The predicted octanol–water partition coefficient (Wildman–Crippen LogP) is 6.71. The molecular formula is C23H49O2P3. The molecule has 1 aliphatic heterocycles. The summed E-state index contributed by atoms with van der Waals surface area (Å²) in [6.07, 6.45) is 20.5. The Morgan fingerprint density at radius 3 is 1.86 bits per heavy atom. The maximum atomic E-state index is 6.60. The van der Waals surface area contributed by atoms with E-state index in [9.17, 15) is 0 Å². The molecule has 0 aromatic carbocycles. The second kappa shape index (κ2) is 9.96. The van der Waals surface area contributed by atoms with Crippen molar-refractivity contribution in [3.63, 3.8) is 0 Å². The quantitative estimate of drug-likeness (QED) is 0.326. The Hall–Kier alpha value is 0.820. The van der Waals surface area contributed by atoms with Crippen molar-refractivity contribution in [3.05, 3.63) is 0 Å². The molecule has 168 valence electrons. The van der Waals surface area contributed by atoms with Crippen LogP contribution in [0.4, 0.5) is 0 Å². The van der Waals surface area contributed by atoms with Gasteiger partial charge < -0.3 is 9.47 Å². The fourth-order valence-corrected chi connectivity index (χ4v) is 15.0. The third-order valence-electron chi connectivity index (χ3n) is 7.82. The van der Waals surface area contributed by atoms with E-state index in [0.29, 0.717) is 5.92 Å². The Morgan fingerprint density at radius 2 is 1.46 bits per heavy atom. The average molecular weight is 451 g/mol. The van der Waals surface area contributed by atoms with Crippen LogP contribution in [-0.2, 0) is 9.47 Å². The monoisotopic (exact) mass is 450 g/mol. The number of hydrogen-bond donors (Lipinski definition) is 0. The first-order valence-corrected chi connectivity index (χ1v) is 18.1. The molecule has 0 spiro atoms. The van der Waals surface area contributed by atoms with Crippen LogP contribution in [0, 0.1) is 11.3 Å². The van der Waals surface area contributed by atoms with Crippen LogP contribution < -0.4 is 0 Å². The van der Waals surface area contributed by atoms with Gasteiger partial charge in [-0.05, 0) is 62.9 Å². The van der Waals surface area contributed by atoms with E-state index >= 15 is 0 Å². The largest absolute Gasteiger partial charge is 0.349 e. The number of rotatable bonds is 11. The van der Waals surface area contributed by atoms with E-state index in [1.54, 1.807) is 0 Å². The Balaban J connectivity index is 2.82. The van der Waals surface area contributed by atoms with Gasteiger partial charge in [-0.1, -0.05) is 49.1 Å². The molecule has 0 aliphatic carbocycles. The van der Waals surface area contributed by atoms with Crippen LogP contribution in [0.3, 0.4) is 0 Å². The summed E-state index contributed by atoms with van der Waals surface area (Å²) >= 11 is 0. The summed E-state index contributed by atoms with van der Waals surface area (Å²) in [5, 5.41) is -0.214. The zero-order valence-electron chi connectivity index (χ0n) is 20.3. The normalized spacial score (nSPS) is 28.8. The lowest BCUT2D eigenvalue weighted by molar-refractivity contribution is -0.176. The Kier molecular flexibility index (Phi) is 9.55. The highest BCUT2D eigenvalue weighted by Crippen LogP contribution is 2.59. The van der Waals surface area contributed by atoms with Crippen molar-refractivity contribution >= 4 is 40.2 Å². The van der Waals surface area contributed by atoms with Crippen molar-refractivity contribution in [3.8, 4) is 0 Å². The molecule has 5 unspecified atom stereocenters. The van der Waals surface area contributed by atoms with Gasteiger partial charge in [0.2, 0.25) is 0 Å². The van der Waals surface area contributed by atoms with E-state index in [1.165, 1.54) is 36.7 Å². The van der Waals surface area contributed by atoms with Crippen molar-refractivity contribution in [2.45, 2.75) is 80.0 Å². The Labute approximate surface area is 177 Å². The van der Waals surface area contributed by atoms with Crippen LogP contribution in [-0.4, -0.2) is 73.3 Å². The minimum Gasteiger partial charge on any atom is -0.349 e. The summed E-state index contributed by atoms with van der Waals surface area (Å²) in [6, 6.07) is 0. The molecule has 1 aliphatic rings. The maximum absolute atomic E-state index is 6.60. The third-order valence-corrected chi connectivity index (χ3v) is 20.6. The van der Waals surface area contributed by atoms with Gasteiger partial charge in [-0.2, -0.15) is 0 Å². The van der Waals surface area contributed by atoms with Crippen LogP contribution in [0.15, 0.2) is 0 Å². The zero-order valence-corrected chi connectivity index (χ0v) is 23.1. The lowest BCUT2D eigenvalue weighted by Crippen LogP contribution is -2.33. The summed E-state index contributed by atoms with van der Waals surface area (Å²) in [4.78, 5) is 0. The molecule has 0 saturated carbocycles. The summed E-state index contributed by atoms with van der Waals surface area (Å²) in [6.45, 7) is 18.2. The van der Waals surface area contributed by atoms with E-state index in [1.807, 2.05) is 0 Å². The first-order valence-electron chi connectivity index (χ1n) is 11.1. The molecule has 0 aromatic heterocycles. The molecule has 1 heterocycles. The molecular weight excluding hydrogens is 401 g/mol. The van der Waals surface area contributed by atoms with E-state index < -0.39 is 21.3 Å². The third kappa shape index (κ3) is 6.41. The van der Waals surface area contributed by atoms with Gasteiger partial charge in [0.15, 0.2) is 6.29 Å². The van der Waals surface area contributed by atoms with Gasteiger partial charge in [0.05, 0.1) is 11.4 Å². The smallest absolute Gasteiger partial charge is 0.162 e. The molecule has 1 rings (SSSR count). The van der Waals surface area contributed by atoms with Gasteiger partial charge in [-0.25, -0.2) is 0 Å². The van der Waals surface area contributed by atoms with Gasteiger partial charge in [0.1, 0.15) is 0 Å². The molecule has 0 radical (unpaired) electrons. The lowest BCUT2D eigenvalue weighted by atomic mass is 9.78. The van der Waals surface area contributed by atoms with Crippen LogP contribution in [0.1, 0.15) is 62.3 Å². The standard InChI is InChI=1S/C23H49O2P3/c1-13-27(11,14-2)16-17-28(12,15-3)18-26(10)23(8,9)25-21-19(4)22(6,7)20(5)24-21/h19-21,26H,10-18H2,1-9H3. The van der Waals surface area contributed by atoms with Crippen LogP contribution in [0.2, 0.25) is 0 Å². The molecule has 1 saturated heterocycles. The van der Waals surface area contributed by atoms with Gasteiger partial charge >= 0.3 is 0 Å². The van der Waals surface area contributed by atoms with Crippen molar-refractivity contribution in [1.29, 1.82) is 0 Å². The summed E-state index contributed by atoms with van der Waals surface area (Å²) < 4.78 is 12.8. The molecule has 1 fully saturated rings. The molecule has 28 heavy (non-hydrogen) atoms. The Bertz CT molecular complexity index is 628. The summed E-state index contributed by atoms with van der Waals surface area (Å²) in [5.41, 5.74) is 0.142. The van der Waals surface area contributed by atoms with Gasteiger partial charge in [-0.3, -0.25) is 0 Å². The van der Waals surface area contributed by atoms with Crippen molar-refractivity contribution in [1.82, 2.24) is 0 Å². The number of hydrogen-bond acceptors (Lipinski definition) is 2. The summed E-state index contributed by atoms with van der Waals surface area (Å²) in [7, 11) is -0.952. The SMILES string of the molecule is C=[PH](CP(=C)(CC)CCP(=C)(CC)CC)C(C)(C)OC1OC(C)C(C)(C)C1C. The van der Waals surface area contributed by atoms with Crippen LogP contribution >= 0.6 is 21.3 Å². The van der Waals surface area contributed by atoms with Crippen LogP contribution in [0.25, 0.3) is 0 Å². The van der Waals surface area contributed by atoms with Crippen molar-refractivity contribution in [2.75, 3.05) is 36.7 Å². The molecule has 0 bridgehead atoms. The molecule has 5 heteroatoms. The number of ether oxygens (including phenoxy) is 2. The minimum absolute atomic E-state index is 0.125. The van der Waals surface area contributed by atoms with E-state index in [0.717, 1.165) is 0 Å². The van der Waals surface area contributed by atoms with Gasteiger partial charge in [0.25, 0.3) is 0 Å². The highest BCUT2D eigenvalue weighted by atomic mass is 31.2. The molecule has 0 aromatic rings. The second-order valence-electron chi connectivity index (χ2n) is 10.2. The van der Waals surface area contributed by atoms with Gasteiger partial charge in [0, 0.05) is 5.92 Å². The molecule has 2 nitrogen and oxygen atoms in total. The first kappa shape index (κ1) is 26.9. The van der Waals surface area contributed by atoms with E-state index in [2.05, 4.69) is 74.9 Å². The topological polar surface area (TPSA) is 18.5 Å². The lowest BCUT2D eigenvalue weighted by Gasteiger charge is -2.37. The second-order valence-corrected chi connectivity index (χ2v) is 22.1. The van der Waals surface area contributed by atoms with Crippen molar-refractivity contribution < 1.29 is 9.47 Å². The average Bonchev–Trinajstić information content (AvgIpc) is 2.82. The van der Waals surface area contributed by atoms with Crippen LogP contribution in [0.5, 0.6) is 0 Å². The van der Waals surface area contributed by atoms with Gasteiger partial charge in [-0.15, -0.1) is 32.7 Å². The van der Waals surface area contributed by atoms with E-state index in [4.69, 9.17) is 15.8 Å². The highest BCUT2D eigenvalue weighted by Gasteiger charge is 2.48. The molecule has 0 N–H and O–H groups in total. The fraction of sp³-hybridized carbons (Fsp3) is 0.870. The van der Waals surface area contributed by atoms with E-state index in [-0.39, 0.29) is 23.2 Å². The molecule has 5 atom stereocenters. The van der Waals surface area contributed by atoms with Crippen molar-refractivity contribution in [2.24, 2.45) is 11.3 Å². The maximum Gasteiger partial charge on any atom is 0.162 e. The fourth-order valence-electron chi connectivity index (χ4n) is 3.63.